The van der Waals surface area contributed by atoms with Crippen LogP contribution in [0.1, 0.15) is 6.42 Å². The van der Waals surface area contributed by atoms with Gasteiger partial charge in [0.25, 0.3) is 0 Å². The van der Waals surface area contributed by atoms with Crippen molar-refractivity contribution in [2.45, 2.75) is 48.4 Å². The van der Waals surface area contributed by atoms with E-state index in [2.05, 4.69) is 50.5 Å². The predicted octanol–water partition coefficient (Wildman–Crippen LogP) is 5.58. The van der Waals surface area contributed by atoms with E-state index in [0.29, 0.717) is 31.5 Å². The van der Waals surface area contributed by atoms with Crippen molar-refractivity contribution in [1.82, 2.24) is 0 Å². The topological polar surface area (TPSA) is 0 Å². The Hall–Kier alpha value is 4.20. The van der Waals surface area contributed by atoms with Gasteiger partial charge in [-0.1, -0.05) is 0 Å². The van der Waals surface area contributed by atoms with E-state index in [1.165, 1.54) is 0 Å². The maximum absolute atomic E-state index is 4.99. The van der Waals surface area contributed by atoms with Gasteiger partial charge in [0, 0.05) is 68.8 Å². The molecule has 1 saturated carbocycles. The van der Waals surface area contributed by atoms with Gasteiger partial charge in [-0.3, -0.25) is 0 Å². The van der Waals surface area contributed by atoms with E-state index in [9.17, 15) is 0 Å². The summed E-state index contributed by atoms with van der Waals surface area (Å²) in [6.45, 7) is 0. The molecular formula is C14H28S12. The third kappa shape index (κ3) is 8.98. The van der Waals surface area contributed by atoms with E-state index >= 15 is 0 Å². The zero-order chi connectivity index (χ0) is 19.7. The molecule has 0 heterocycles. The van der Waals surface area contributed by atoms with E-state index in [0.717, 1.165) is 33.2 Å². The number of thioether (sulfide) groups is 4. The van der Waals surface area contributed by atoms with Gasteiger partial charge in [0.05, 0.1) is 0 Å². The Morgan fingerprint density at radius 3 is 1.69 bits per heavy atom. The Morgan fingerprint density at radius 2 is 1.23 bits per heavy atom. The van der Waals surface area contributed by atoms with Crippen LogP contribution in [0.15, 0.2) is 0 Å². The first-order valence-electron chi connectivity index (χ1n) is 8.03. The highest BCUT2D eigenvalue weighted by molar-refractivity contribution is 8.13. The zero-order valence-corrected chi connectivity index (χ0v) is 24.5. The number of hydrogen-bond acceptors (Lipinski definition) is 12. The van der Waals surface area contributed by atoms with E-state index in [1.807, 2.05) is 47.0 Å². The van der Waals surface area contributed by atoms with Gasteiger partial charge in [-0.05, 0) is 6.42 Å². The Balaban J connectivity index is 2.75. The summed E-state index contributed by atoms with van der Waals surface area (Å²) in [6.07, 6.45) is 1.05. The predicted molar refractivity (Wildman–Crippen MR) is 162 cm³/mol. The largest absolute Gasteiger partial charge is 0.178 e. The summed E-state index contributed by atoms with van der Waals surface area (Å²) in [5.74, 6) is 1.73. The first-order chi connectivity index (χ1) is 12.4. The number of hydrogen-bond donors (Lipinski definition) is 8. The Morgan fingerprint density at radius 1 is 0.731 bits per heavy atom. The molecule has 0 amide bonds. The average Bonchev–Trinajstić information content (AvgIpc) is 2.88. The quantitative estimate of drug-likeness (QED) is 0.106. The van der Waals surface area contributed by atoms with Gasteiger partial charge >= 0.3 is 0 Å². The smallest absolute Gasteiger partial charge is 0.0365 e. The highest BCUT2D eigenvalue weighted by Gasteiger charge is 2.41. The molecule has 0 radical (unpaired) electrons. The van der Waals surface area contributed by atoms with Gasteiger partial charge in [0.15, 0.2) is 0 Å². The third-order valence-corrected chi connectivity index (χ3v) is 14.6. The first-order valence-corrected chi connectivity index (χ1v) is 16.8. The zero-order valence-electron chi connectivity index (χ0n) is 14.1. The van der Waals surface area contributed by atoms with Crippen LogP contribution in [0.2, 0.25) is 0 Å². The third-order valence-electron chi connectivity index (χ3n) is 4.09. The molecule has 0 spiro atoms. The first kappa shape index (κ1) is 28.2. The fourth-order valence-corrected chi connectivity index (χ4v) is 12.9. The van der Waals surface area contributed by atoms with Crippen LogP contribution < -0.4 is 0 Å². The van der Waals surface area contributed by atoms with Crippen LogP contribution in [-0.4, -0.2) is 68.8 Å². The lowest BCUT2D eigenvalue weighted by molar-refractivity contribution is 0.776. The SMILES string of the molecule is SCSC(C(S)CS)C(SCS)C(S)CSC1C(S)CC(S)C1SCS. The van der Waals surface area contributed by atoms with Crippen molar-refractivity contribution in [3.63, 3.8) is 0 Å². The second kappa shape index (κ2) is 15.9. The molecule has 1 rings (SSSR count). The lowest BCUT2D eigenvalue weighted by atomic mass is 10.2. The number of thiol groups is 8. The van der Waals surface area contributed by atoms with Gasteiger partial charge in [-0.15, -0.1) is 35.3 Å². The van der Waals surface area contributed by atoms with Crippen molar-refractivity contribution in [3.8, 4) is 0 Å². The summed E-state index contributed by atoms with van der Waals surface area (Å²) in [6, 6.07) is 0. The van der Waals surface area contributed by atoms with Gasteiger partial charge in [0.2, 0.25) is 0 Å². The van der Waals surface area contributed by atoms with Crippen LogP contribution in [0.4, 0.5) is 0 Å². The molecule has 8 unspecified atom stereocenters. The summed E-state index contributed by atoms with van der Waals surface area (Å²) in [5, 5.41) is 5.32. The lowest BCUT2D eigenvalue weighted by Gasteiger charge is -2.34. The molecule has 0 aromatic rings. The molecule has 0 aromatic heterocycles. The normalized spacial score (nSPS) is 30.9. The van der Waals surface area contributed by atoms with Crippen LogP contribution in [-0.2, 0) is 0 Å². The summed E-state index contributed by atoms with van der Waals surface area (Å²) in [7, 11) is 0. The molecule has 1 aliphatic carbocycles. The molecule has 12 heteroatoms. The fourth-order valence-electron chi connectivity index (χ4n) is 2.88. The monoisotopic (exact) mass is 580 g/mol. The summed E-state index contributed by atoms with van der Waals surface area (Å²) < 4.78 is 0. The second-order valence-electron chi connectivity index (χ2n) is 5.77. The number of rotatable bonds is 13. The van der Waals surface area contributed by atoms with Gasteiger partial charge < -0.3 is 0 Å². The maximum atomic E-state index is 4.99. The molecule has 156 valence electrons. The maximum Gasteiger partial charge on any atom is 0.0365 e. The molecule has 1 aliphatic rings. The van der Waals surface area contributed by atoms with Gasteiger partial charge in [-0.2, -0.15) is 113 Å². The van der Waals surface area contributed by atoms with E-state index in [-0.39, 0.29) is 10.5 Å². The molecule has 0 aliphatic heterocycles. The van der Waals surface area contributed by atoms with Crippen molar-refractivity contribution < 1.29 is 0 Å². The highest BCUT2D eigenvalue weighted by Crippen LogP contribution is 2.44. The van der Waals surface area contributed by atoms with Crippen molar-refractivity contribution in [3.05, 3.63) is 0 Å². The van der Waals surface area contributed by atoms with E-state index < -0.39 is 0 Å². The fraction of sp³-hybridized carbons (Fsp3) is 1.00. The minimum Gasteiger partial charge on any atom is -0.178 e. The Bertz CT molecular complexity index is 372. The minimum absolute atomic E-state index is 0.214. The van der Waals surface area contributed by atoms with Crippen LogP contribution in [0, 0.1) is 0 Å². The molecule has 26 heavy (non-hydrogen) atoms. The minimum atomic E-state index is 0.214. The molecule has 1 fully saturated rings. The summed E-state index contributed by atoms with van der Waals surface area (Å²) in [5.41, 5.74) is 0. The van der Waals surface area contributed by atoms with E-state index in [4.69, 9.17) is 50.5 Å². The molecule has 0 aromatic carbocycles. The summed E-state index contributed by atoms with van der Waals surface area (Å²) in [4.78, 5) is 0. The molecule has 0 N–H and O–H groups in total. The second-order valence-corrected chi connectivity index (χ2v) is 15.7. The molecule has 0 bridgehead atoms. The Labute approximate surface area is 220 Å². The van der Waals surface area contributed by atoms with Gasteiger partial charge in [-0.25, -0.2) is 0 Å². The van der Waals surface area contributed by atoms with Crippen molar-refractivity contribution in [1.29, 1.82) is 0 Å². The lowest BCUT2D eigenvalue weighted by Crippen LogP contribution is -2.39. The Kier molecular flexibility index (Phi) is 17.3. The van der Waals surface area contributed by atoms with Crippen LogP contribution >= 0.6 is 148 Å². The van der Waals surface area contributed by atoms with Crippen molar-refractivity contribution in [2.24, 2.45) is 0 Å². The average molecular weight is 581 g/mol. The van der Waals surface area contributed by atoms with Crippen molar-refractivity contribution >= 4 is 148 Å². The molecule has 0 nitrogen and oxygen atoms in total. The van der Waals surface area contributed by atoms with Crippen molar-refractivity contribution in [2.75, 3.05) is 26.8 Å². The van der Waals surface area contributed by atoms with Gasteiger partial charge in [0.1, 0.15) is 0 Å². The highest BCUT2D eigenvalue weighted by atomic mass is 32.2. The summed E-state index contributed by atoms with van der Waals surface area (Å²) >= 11 is 44.7. The molecular weight excluding hydrogens is 553 g/mol. The molecule has 0 saturated heterocycles. The molecule has 8 atom stereocenters. The van der Waals surface area contributed by atoms with Crippen LogP contribution in [0.5, 0.6) is 0 Å². The standard InChI is InChI=1S/C14H28S12/c15-2-9(21)13(25-5-17)14(26-6-18)10(22)3-23-11-7(19)1-8(20)12(11)24-4-16/h7-22H,1-6H2. The van der Waals surface area contributed by atoms with Crippen LogP contribution in [0.25, 0.3) is 0 Å². The van der Waals surface area contributed by atoms with E-state index in [1.54, 1.807) is 0 Å². The van der Waals surface area contributed by atoms with Crippen LogP contribution in [0.3, 0.4) is 0 Å².